The number of carbonyl (C=O) groups excluding carboxylic acids is 1. The normalized spacial score (nSPS) is 21.5. The average molecular weight is 538 g/mol. The first-order valence-electron chi connectivity index (χ1n) is 8.94. The lowest BCUT2D eigenvalue weighted by Crippen LogP contribution is -3.00. The zero-order chi connectivity index (χ0) is 19.4. The zero-order valence-corrected chi connectivity index (χ0v) is 19.2. The lowest BCUT2D eigenvalue weighted by molar-refractivity contribution is -0.927. The van der Waals surface area contributed by atoms with E-state index in [1.54, 1.807) is 12.1 Å². The molecule has 1 aliphatic heterocycles. The summed E-state index contributed by atoms with van der Waals surface area (Å²) in [6, 6.07) is 11.4. The van der Waals surface area contributed by atoms with Crippen molar-refractivity contribution < 1.29 is 37.6 Å². The predicted octanol–water partition coefficient (Wildman–Crippen LogP) is 2.07. The van der Waals surface area contributed by atoms with Gasteiger partial charge in [-0.15, -0.1) is 0 Å². The summed E-state index contributed by atoms with van der Waals surface area (Å²) < 4.78 is 13.8. The summed E-state index contributed by atoms with van der Waals surface area (Å²) in [4.78, 5) is 12.1. The van der Waals surface area contributed by atoms with Gasteiger partial charge in [-0.3, -0.25) is 0 Å². The van der Waals surface area contributed by atoms with Crippen molar-refractivity contribution >= 4 is 34.9 Å². The van der Waals surface area contributed by atoms with Crippen LogP contribution in [0.1, 0.15) is 18.4 Å². The summed E-state index contributed by atoms with van der Waals surface area (Å²) in [7, 11) is 2.22. The van der Waals surface area contributed by atoms with Crippen LogP contribution in [0.5, 0.6) is 0 Å². The van der Waals surface area contributed by atoms with Gasteiger partial charge in [0.15, 0.2) is 0 Å². The fourth-order valence-electron chi connectivity index (χ4n) is 3.46. The smallest absolute Gasteiger partial charge is 0.319 e. The van der Waals surface area contributed by atoms with Crippen LogP contribution in [0.25, 0.3) is 0 Å². The molecular weight excluding hydrogens is 515 g/mol. The van der Waals surface area contributed by atoms with E-state index < -0.39 is 0 Å². The number of urea groups is 1. The van der Waals surface area contributed by atoms with Crippen LogP contribution in [0.4, 0.5) is 14.9 Å². The highest BCUT2D eigenvalue weighted by Crippen LogP contribution is 2.26. The van der Waals surface area contributed by atoms with E-state index in [0.29, 0.717) is 15.7 Å². The van der Waals surface area contributed by atoms with Gasteiger partial charge in [0.05, 0.1) is 30.2 Å². The SMILES string of the molecule is C[N+]1(Cc2ccc(Cl)c(Cl)c2)CCC(NC(=O)Nc2ccc(F)cc2)CC1.[I-]. The van der Waals surface area contributed by atoms with Crippen molar-refractivity contribution in [1.29, 1.82) is 0 Å². The van der Waals surface area contributed by atoms with Gasteiger partial charge in [0, 0.05) is 30.1 Å². The maximum Gasteiger partial charge on any atom is 0.319 e. The summed E-state index contributed by atoms with van der Waals surface area (Å²) in [6.07, 6.45) is 1.79. The van der Waals surface area contributed by atoms with Crippen molar-refractivity contribution in [3.05, 3.63) is 63.9 Å². The number of benzene rings is 2. The van der Waals surface area contributed by atoms with Crippen LogP contribution in [-0.4, -0.2) is 36.7 Å². The Balaban J connectivity index is 0.00000280. The molecule has 0 radical (unpaired) electrons. The standard InChI is InChI=1S/C20H22Cl2FN3O.HI/c1-26(13-14-2-7-18(21)19(22)12-14)10-8-17(9-11-26)25-20(27)24-16-5-3-15(23)4-6-16;/h2-7,12,17H,8-11,13H2,1H3,(H-,24,25,27);1H. The van der Waals surface area contributed by atoms with E-state index in [4.69, 9.17) is 23.2 Å². The first-order valence-corrected chi connectivity index (χ1v) is 9.69. The van der Waals surface area contributed by atoms with Crippen molar-refractivity contribution in [2.45, 2.75) is 25.4 Å². The third-order valence-electron chi connectivity index (χ3n) is 5.02. The minimum absolute atomic E-state index is 0. The fourth-order valence-corrected chi connectivity index (χ4v) is 3.78. The van der Waals surface area contributed by atoms with Crippen molar-refractivity contribution in [3.8, 4) is 0 Å². The number of halogens is 4. The van der Waals surface area contributed by atoms with Crippen LogP contribution in [0.3, 0.4) is 0 Å². The van der Waals surface area contributed by atoms with Crippen LogP contribution in [0.15, 0.2) is 42.5 Å². The van der Waals surface area contributed by atoms with Crippen LogP contribution in [0, 0.1) is 5.82 Å². The van der Waals surface area contributed by atoms with Crippen molar-refractivity contribution in [1.82, 2.24) is 5.32 Å². The number of hydrogen-bond acceptors (Lipinski definition) is 1. The van der Waals surface area contributed by atoms with Crippen molar-refractivity contribution in [2.75, 3.05) is 25.5 Å². The third-order valence-corrected chi connectivity index (χ3v) is 5.76. The number of quaternary nitrogens is 1. The number of carbonyl (C=O) groups is 1. The molecule has 2 amide bonds. The number of amides is 2. The molecule has 0 bridgehead atoms. The van der Waals surface area contributed by atoms with Crippen molar-refractivity contribution in [2.24, 2.45) is 0 Å². The summed E-state index contributed by atoms with van der Waals surface area (Å²) in [6.45, 7) is 2.80. The van der Waals surface area contributed by atoms with Crippen molar-refractivity contribution in [3.63, 3.8) is 0 Å². The minimum atomic E-state index is -0.327. The van der Waals surface area contributed by atoms with E-state index >= 15 is 0 Å². The number of anilines is 1. The van der Waals surface area contributed by atoms with Crippen LogP contribution in [-0.2, 0) is 6.54 Å². The van der Waals surface area contributed by atoms with Gasteiger partial charge in [0.2, 0.25) is 0 Å². The second kappa shape index (κ2) is 10.1. The molecule has 1 heterocycles. The lowest BCUT2D eigenvalue weighted by Gasteiger charge is -2.40. The quantitative estimate of drug-likeness (QED) is 0.455. The number of rotatable bonds is 4. The molecule has 2 aromatic carbocycles. The Labute approximate surface area is 192 Å². The van der Waals surface area contributed by atoms with E-state index in [2.05, 4.69) is 17.7 Å². The maximum absolute atomic E-state index is 12.9. The number of nitrogens with zero attached hydrogens (tertiary/aromatic N) is 1. The molecule has 3 rings (SSSR count). The van der Waals surface area contributed by atoms with Gasteiger partial charge in [-0.05, 0) is 36.4 Å². The van der Waals surface area contributed by atoms with Gasteiger partial charge in [0.25, 0.3) is 0 Å². The largest absolute Gasteiger partial charge is 1.00 e. The van der Waals surface area contributed by atoms with E-state index in [0.717, 1.165) is 42.5 Å². The summed E-state index contributed by atoms with van der Waals surface area (Å²) >= 11 is 12.1. The first-order chi connectivity index (χ1) is 12.8. The summed E-state index contributed by atoms with van der Waals surface area (Å²) in [5.74, 6) is -0.327. The first kappa shape index (κ1) is 23.2. The molecular formula is C20H23Cl2FIN3O. The molecule has 1 aliphatic rings. The Morgan fingerprint density at radius 2 is 1.75 bits per heavy atom. The molecule has 0 aliphatic carbocycles. The number of likely N-dealkylation sites (tertiary alicyclic amines) is 1. The molecule has 0 spiro atoms. The Bertz CT molecular complexity index is 812. The third kappa shape index (κ3) is 6.47. The van der Waals surface area contributed by atoms with Gasteiger partial charge < -0.3 is 39.1 Å². The summed E-state index contributed by atoms with van der Waals surface area (Å²) in [5, 5.41) is 6.89. The monoisotopic (exact) mass is 537 g/mol. The molecule has 0 saturated carbocycles. The van der Waals surface area contributed by atoms with Gasteiger partial charge in [-0.1, -0.05) is 29.3 Å². The highest BCUT2D eigenvalue weighted by molar-refractivity contribution is 6.42. The molecule has 8 heteroatoms. The molecule has 0 unspecified atom stereocenters. The second-order valence-corrected chi connectivity index (χ2v) is 8.17. The van der Waals surface area contributed by atoms with Gasteiger partial charge in [-0.2, -0.15) is 0 Å². The predicted molar refractivity (Wildman–Crippen MR) is 108 cm³/mol. The Morgan fingerprint density at radius 3 is 2.36 bits per heavy atom. The van der Waals surface area contributed by atoms with E-state index in [1.165, 1.54) is 12.1 Å². The molecule has 4 nitrogen and oxygen atoms in total. The zero-order valence-electron chi connectivity index (χ0n) is 15.5. The second-order valence-electron chi connectivity index (χ2n) is 7.35. The Morgan fingerprint density at radius 1 is 1.11 bits per heavy atom. The van der Waals surface area contributed by atoms with E-state index in [1.807, 2.05) is 18.2 Å². The number of piperidine rings is 1. The summed E-state index contributed by atoms with van der Waals surface area (Å²) in [5.41, 5.74) is 1.73. The highest BCUT2D eigenvalue weighted by Gasteiger charge is 2.31. The van der Waals surface area contributed by atoms with Gasteiger partial charge in [0.1, 0.15) is 12.4 Å². The Hall–Kier alpha value is -1.09. The molecule has 2 N–H and O–H groups in total. The van der Waals surface area contributed by atoms with Gasteiger partial charge >= 0.3 is 6.03 Å². The fraction of sp³-hybridized carbons (Fsp3) is 0.350. The van der Waals surface area contributed by atoms with Gasteiger partial charge in [-0.25, -0.2) is 9.18 Å². The van der Waals surface area contributed by atoms with E-state index in [9.17, 15) is 9.18 Å². The molecule has 1 saturated heterocycles. The van der Waals surface area contributed by atoms with Crippen LogP contribution in [0.2, 0.25) is 10.0 Å². The Kier molecular flexibility index (Phi) is 8.36. The molecule has 1 fully saturated rings. The number of nitrogens with one attached hydrogen (secondary N) is 2. The average Bonchev–Trinajstić information content (AvgIpc) is 2.62. The van der Waals surface area contributed by atoms with Crippen LogP contribution < -0.4 is 34.6 Å². The molecule has 0 aromatic heterocycles. The number of hydrogen-bond donors (Lipinski definition) is 2. The molecule has 2 aromatic rings. The van der Waals surface area contributed by atoms with Crippen LogP contribution >= 0.6 is 23.2 Å². The highest BCUT2D eigenvalue weighted by atomic mass is 127. The molecule has 152 valence electrons. The molecule has 0 atom stereocenters. The maximum atomic E-state index is 12.9. The molecule has 28 heavy (non-hydrogen) atoms. The van der Waals surface area contributed by atoms with E-state index in [-0.39, 0.29) is 41.9 Å². The minimum Gasteiger partial charge on any atom is -1.00 e. The lowest BCUT2D eigenvalue weighted by atomic mass is 10.0. The topological polar surface area (TPSA) is 41.1 Å².